The van der Waals surface area contributed by atoms with E-state index in [1.165, 1.54) is 38.9 Å². The standard InChI is InChI=1S/C25H27FN4O3/c1-16(23(27)31)29(2)22-15-28-24(17-7-9-20(26)10-8-17)30(25(22)32)11-12-33-21-13-18-5-3-4-6-19(18)14-21/h3-10,15-16,21H,11-14H2,1-2H3,(H2,27,31). The number of carbonyl (C=O) groups excluding carboxylic acids is 1. The number of primary amides is 1. The lowest BCUT2D eigenvalue weighted by Crippen LogP contribution is -2.43. The molecule has 1 aliphatic rings. The second-order valence-corrected chi connectivity index (χ2v) is 8.29. The van der Waals surface area contributed by atoms with Crippen molar-refractivity contribution in [3.8, 4) is 11.4 Å². The first-order chi connectivity index (χ1) is 15.8. The maximum absolute atomic E-state index is 13.4. The first kappa shape index (κ1) is 22.7. The number of benzene rings is 2. The zero-order valence-corrected chi connectivity index (χ0v) is 18.7. The molecule has 1 aromatic heterocycles. The number of fused-ring (bicyclic) bond motifs is 1. The highest BCUT2D eigenvalue weighted by Gasteiger charge is 2.23. The summed E-state index contributed by atoms with van der Waals surface area (Å²) in [5, 5.41) is 0. The average Bonchev–Trinajstić information content (AvgIpc) is 3.22. The molecule has 2 aromatic carbocycles. The molecule has 0 saturated heterocycles. The molecule has 8 heteroatoms. The Hall–Kier alpha value is -3.52. The zero-order chi connectivity index (χ0) is 23.5. The van der Waals surface area contributed by atoms with E-state index in [2.05, 4.69) is 17.1 Å². The van der Waals surface area contributed by atoms with Crippen molar-refractivity contribution in [3.05, 3.63) is 82.0 Å². The molecule has 0 spiro atoms. The summed E-state index contributed by atoms with van der Waals surface area (Å²) in [6.07, 6.45) is 3.16. The molecular formula is C25H27FN4O3. The molecule has 2 N–H and O–H groups in total. The van der Waals surface area contributed by atoms with Crippen molar-refractivity contribution < 1.29 is 13.9 Å². The Morgan fingerprint density at radius 1 is 1.21 bits per heavy atom. The van der Waals surface area contributed by atoms with Gasteiger partial charge in [-0.1, -0.05) is 24.3 Å². The van der Waals surface area contributed by atoms with Gasteiger partial charge in [-0.25, -0.2) is 9.37 Å². The van der Waals surface area contributed by atoms with Crippen molar-refractivity contribution in [2.75, 3.05) is 18.6 Å². The highest BCUT2D eigenvalue weighted by Crippen LogP contribution is 2.24. The van der Waals surface area contributed by atoms with Crippen molar-refractivity contribution in [1.82, 2.24) is 9.55 Å². The fourth-order valence-corrected chi connectivity index (χ4v) is 4.11. The molecule has 3 aromatic rings. The topological polar surface area (TPSA) is 90.5 Å². The number of carbonyl (C=O) groups is 1. The normalized spacial score (nSPS) is 14.2. The maximum atomic E-state index is 13.4. The van der Waals surface area contributed by atoms with Crippen molar-refractivity contribution in [2.24, 2.45) is 5.73 Å². The van der Waals surface area contributed by atoms with Crippen LogP contribution in [0, 0.1) is 5.82 Å². The van der Waals surface area contributed by atoms with Gasteiger partial charge in [0.15, 0.2) is 0 Å². The van der Waals surface area contributed by atoms with Gasteiger partial charge in [0.05, 0.1) is 25.5 Å². The number of likely N-dealkylation sites (N-methyl/N-ethyl adjacent to an activating group) is 1. The van der Waals surface area contributed by atoms with Crippen LogP contribution in [-0.4, -0.2) is 41.3 Å². The van der Waals surface area contributed by atoms with E-state index in [1.54, 1.807) is 26.1 Å². The van der Waals surface area contributed by atoms with Crippen LogP contribution in [0.2, 0.25) is 0 Å². The fourth-order valence-electron chi connectivity index (χ4n) is 4.11. The summed E-state index contributed by atoms with van der Waals surface area (Å²) in [6, 6.07) is 13.4. The number of anilines is 1. The van der Waals surface area contributed by atoms with Crippen LogP contribution in [0.15, 0.2) is 59.5 Å². The quantitative estimate of drug-likeness (QED) is 0.570. The Bertz CT molecular complexity index is 1180. The predicted octanol–water partition coefficient (Wildman–Crippen LogP) is 2.54. The van der Waals surface area contributed by atoms with Crippen LogP contribution < -0.4 is 16.2 Å². The number of halogens is 1. The van der Waals surface area contributed by atoms with Crippen LogP contribution in [0.3, 0.4) is 0 Å². The molecule has 33 heavy (non-hydrogen) atoms. The van der Waals surface area contributed by atoms with Gasteiger partial charge in [0.2, 0.25) is 5.91 Å². The van der Waals surface area contributed by atoms with Gasteiger partial charge in [0.1, 0.15) is 23.4 Å². The Morgan fingerprint density at radius 3 is 2.45 bits per heavy atom. The average molecular weight is 451 g/mol. The van der Waals surface area contributed by atoms with Gasteiger partial charge in [-0.3, -0.25) is 14.2 Å². The smallest absolute Gasteiger partial charge is 0.277 e. The molecule has 0 fully saturated rings. The lowest BCUT2D eigenvalue weighted by molar-refractivity contribution is -0.118. The number of nitrogens with zero attached hydrogens (tertiary/aromatic N) is 3. The molecule has 0 bridgehead atoms. The van der Waals surface area contributed by atoms with Crippen molar-refractivity contribution >= 4 is 11.6 Å². The number of nitrogens with two attached hydrogens (primary N) is 1. The Kier molecular flexibility index (Phi) is 6.55. The summed E-state index contributed by atoms with van der Waals surface area (Å²) in [5.74, 6) is -0.513. The summed E-state index contributed by atoms with van der Waals surface area (Å²) in [6.45, 7) is 2.20. The lowest BCUT2D eigenvalue weighted by atomic mass is 10.1. The van der Waals surface area contributed by atoms with E-state index in [-0.39, 0.29) is 29.7 Å². The lowest BCUT2D eigenvalue weighted by Gasteiger charge is -2.25. The van der Waals surface area contributed by atoms with Crippen LogP contribution in [0.4, 0.5) is 10.1 Å². The van der Waals surface area contributed by atoms with E-state index >= 15 is 0 Å². The van der Waals surface area contributed by atoms with E-state index in [4.69, 9.17) is 10.5 Å². The van der Waals surface area contributed by atoms with E-state index in [9.17, 15) is 14.0 Å². The summed E-state index contributed by atoms with van der Waals surface area (Å²) in [4.78, 5) is 31.0. The summed E-state index contributed by atoms with van der Waals surface area (Å²) in [5.41, 5.74) is 8.54. The monoisotopic (exact) mass is 450 g/mol. The zero-order valence-electron chi connectivity index (χ0n) is 18.7. The minimum Gasteiger partial charge on any atom is -0.376 e. The first-order valence-corrected chi connectivity index (χ1v) is 10.9. The van der Waals surface area contributed by atoms with Gasteiger partial charge >= 0.3 is 0 Å². The SMILES string of the molecule is CC(C(N)=O)N(C)c1cnc(-c2ccc(F)cc2)n(CCOC2Cc3ccccc3C2)c1=O. The van der Waals surface area contributed by atoms with Crippen LogP contribution in [0.25, 0.3) is 11.4 Å². The van der Waals surface area contributed by atoms with E-state index in [0.29, 0.717) is 18.0 Å². The Morgan fingerprint density at radius 2 is 1.85 bits per heavy atom. The van der Waals surface area contributed by atoms with Crippen LogP contribution in [-0.2, 0) is 28.9 Å². The van der Waals surface area contributed by atoms with Gasteiger partial charge in [-0.15, -0.1) is 0 Å². The fraction of sp³-hybridized carbons (Fsp3) is 0.320. The molecular weight excluding hydrogens is 423 g/mol. The second kappa shape index (κ2) is 9.54. The van der Waals surface area contributed by atoms with E-state index in [0.717, 1.165) is 12.8 Å². The minimum atomic E-state index is -0.683. The highest BCUT2D eigenvalue weighted by atomic mass is 19.1. The largest absolute Gasteiger partial charge is 0.376 e. The number of hydrogen-bond acceptors (Lipinski definition) is 5. The van der Waals surface area contributed by atoms with Crippen molar-refractivity contribution in [3.63, 3.8) is 0 Å². The Labute approximate surface area is 191 Å². The molecule has 1 aliphatic carbocycles. The molecule has 7 nitrogen and oxygen atoms in total. The molecule has 4 rings (SSSR count). The van der Waals surface area contributed by atoms with Gasteiger partial charge < -0.3 is 15.4 Å². The van der Waals surface area contributed by atoms with Crippen molar-refractivity contribution in [2.45, 2.75) is 38.5 Å². The van der Waals surface area contributed by atoms with Crippen LogP contribution >= 0.6 is 0 Å². The van der Waals surface area contributed by atoms with Gasteiger partial charge in [0.25, 0.3) is 5.56 Å². The summed E-state index contributed by atoms with van der Waals surface area (Å²) in [7, 11) is 1.63. The third kappa shape index (κ3) is 4.80. The van der Waals surface area contributed by atoms with Gasteiger partial charge in [-0.2, -0.15) is 0 Å². The predicted molar refractivity (Wildman–Crippen MR) is 125 cm³/mol. The molecule has 0 radical (unpaired) electrons. The van der Waals surface area contributed by atoms with Gasteiger partial charge in [-0.05, 0) is 55.2 Å². The van der Waals surface area contributed by atoms with Crippen LogP contribution in [0.1, 0.15) is 18.1 Å². The third-order valence-corrected chi connectivity index (χ3v) is 6.19. The minimum absolute atomic E-state index is 0.0565. The number of hydrogen-bond donors (Lipinski definition) is 1. The second-order valence-electron chi connectivity index (χ2n) is 8.29. The molecule has 172 valence electrons. The Balaban J connectivity index is 1.59. The van der Waals surface area contributed by atoms with Crippen molar-refractivity contribution in [1.29, 1.82) is 0 Å². The highest BCUT2D eigenvalue weighted by molar-refractivity contribution is 5.82. The number of amides is 1. The van der Waals surface area contributed by atoms with E-state index in [1.807, 2.05) is 12.1 Å². The number of aromatic nitrogens is 2. The molecule has 1 amide bonds. The maximum Gasteiger partial charge on any atom is 0.277 e. The number of rotatable bonds is 8. The molecule has 1 unspecified atom stereocenters. The van der Waals surface area contributed by atoms with Crippen LogP contribution in [0.5, 0.6) is 0 Å². The first-order valence-electron chi connectivity index (χ1n) is 10.9. The molecule has 0 aliphatic heterocycles. The molecule has 0 saturated carbocycles. The van der Waals surface area contributed by atoms with Gasteiger partial charge in [0, 0.05) is 12.6 Å². The number of ether oxygens (including phenoxy) is 1. The summed E-state index contributed by atoms with van der Waals surface area (Å²) < 4.78 is 21.1. The molecule has 1 heterocycles. The summed E-state index contributed by atoms with van der Waals surface area (Å²) >= 11 is 0. The van der Waals surface area contributed by atoms with E-state index < -0.39 is 11.9 Å². The molecule has 1 atom stereocenters. The third-order valence-electron chi connectivity index (χ3n) is 6.19.